The zero-order valence-electron chi connectivity index (χ0n) is 52.2. The van der Waals surface area contributed by atoms with E-state index in [-0.39, 0.29) is 37.5 Å². The van der Waals surface area contributed by atoms with Gasteiger partial charge in [0.05, 0.1) is 0 Å². The van der Waals surface area contributed by atoms with Gasteiger partial charge in [-0.1, -0.05) is 260 Å². The monoisotopic (exact) mass is 1120 g/mol. The summed E-state index contributed by atoms with van der Waals surface area (Å²) in [7, 11) is 0. The zero-order chi connectivity index (χ0) is 59.2. The van der Waals surface area contributed by atoms with Gasteiger partial charge >= 0.3 is 17.9 Å². The van der Waals surface area contributed by atoms with Gasteiger partial charge in [0.25, 0.3) is 0 Å². The summed E-state index contributed by atoms with van der Waals surface area (Å²) < 4.78 is 16.8. The molecule has 0 fully saturated rings. The first-order chi connectivity index (χ1) is 40.5. The highest BCUT2D eigenvalue weighted by Crippen LogP contribution is 2.13. The molecule has 0 saturated heterocycles. The molecule has 0 aliphatic carbocycles. The maximum absolute atomic E-state index is 12.9. The van der Waals surface area contributed by atoms with Gasteiger partial charge < -0.3 is 14.2 Å². The number of ether oxygens (including phenoxy) is 3. The van der Waals surface area contributed by atoms with Crippen molar-refractivity contribution in [1.29, 1.82) is 0 Å². The third kappa shape index (κ3) is 65.1. The van der Waals surface area contributed by atoms with Crippen LogP contribution in [-0.4, -0.2) is 37.2 Å². The molecule has 0 aromatic carbocycles. The van der Waals surface area contributed by atoms with Crippen LogP contribution in [0.5, 0.6) is 0 Å². The van der Waals surface area contributed by atoms with Crippen LogP contribution in [0.15, 0.2) is 194 Å². The van der Waals surface area contributed by atoms with Crippen LogP contribution < -0.4 is 0 Å². The lowest BCUT2D eigenvalue weighted by atomic mass is 10.1. The van der Waals surface area contributed by atoms with E-state index in [4.69, 9.17) is 14.2 Å². The molecule has 1 unspecified atom stereocenters. The Morgan fingerprint density at radius 2 is 0.476 bits per heavy atom. The molecule has 6 nitrogen and oxygen atoms in total. The predicted octanol–water partition coefficient (Wildman–Crippen LogP) is 22.6. The summed E-state index contributed by atoms with van der Waals surface area (Å²) in [6, 6.07) is 0. The number of carbonyl (C=O) groups excluding carboxylic acids is 3. The second-order valence-electron chi connectivity index (χ2n) is 20.5. The number of rotatable bonds is 56. The fourth-order valence-corrected chi connectivity index (χ4v) is 8.03. The van der Waals surface area contributed by atoms with Crippen molar-refractivity contribution in [3.05, 3.63) is 194 Å². The van der Waals surface area contributed by atoms with Gasteiger partial charge in [0.2, 0.25) is 0 Å². The number of hydrogen-bond donors (Lipinski definition) is 0. The number of allylic oxidation sites excluding steroid dienone is 32. The van der Waals surface area contributed by atoms with Crippen molar-refractivity contribution in [2.75, 3.05) is 13.2 Å². The van der Waals surface area contributed by atoms with Crippen LogP contribution in [0, 0.1) is 0 Å². The van der Waals surface area contributed by atoms with Gasteiger partial charge in [0.1, 0.15) is 13.2 Å². The molecule has 1 atom stereocenters. The average molecular weight is 1130 g/mol. The molecule has 0 aromatic heterocycles. The van der Waals surface area contributed by atoms with E-state index < -0.39 is 6.10 Å². The maximum atomic E-state index is 12.9. The van der Waals surface area contributed by atoms with Crippen LogP contribution in [0.4, 0.5) is 0 Å². The van der Waals surface area contributed by atoms with Gasteiger partial charge in [0.15, 0.2) is 6.10 Å². The highest BCUT2D eigenvalue weighted by molar-refractivity contribution is 5.71. The SMILES string of the molecule is CC/C=C\C/C=C\C/C=C\C/C=C\C/C=C\C/C=C\C/C=C\C/C=C\C/C=C\C/C=C\CCCCCCC(=O)OCC(COC(=O)CCCCCCC/C=C\CCC)OC(=O)CCCCC/C=C\C/C=C\C/C=C\C/C=C\C/C=C\CC. The first-order valence-electron chi connectivity index (χ1n) is 32.4. The lowest BCUT2D eigenvalue weighted by Gasteiger charge is -2.18. The Balaban J connectivity index is 4.36. The highest BCUT2D eigenvalue weighted by Gasteiger charge is 2.19. The third-order valence-corrected chi connectivity index (χ3v) is 12.8. The molecule has 6 heteroatoms. The van der Waals surface area contributed by atoms with Crippen LogP contribution >= 0.6 is 0 Å². The second kappa shape index (κ2) is 67.8. The van der Waals surface area contributed by atoms with Crippen molar-refractivity contribution >= 4 is 17.9 Å². The van der Waals surface area contributed by atoms with E-state index in [0.717, 1.165) is 186 Å². The van der Waals surface area contributed by atoms with Crippen LogP contribution in [0.1, 0.15) is 245 Å². The van der Waals surface area contributed by atoms with Crippen molar-refractivity contribution in [2.24, 2.45) is 0 Å². The molecule has 0 N–H and O–H groups in total. The molecule has 0 rings (SSSR count). The maximum Gasteiger partial charge on any atom is 0.306 e. The minimum Gasteiger partial charge on any atom is -0.462 e. The molecule has 0 bridgehead atoms. The summed E-state index contributed by atoms with van der Waals surface area (Å²) in [6.07, 6.45) is 103. The third-order valence-electron chi connectivity index (χ3n) is 12.8. The van der Waals surface area contributed by atoms with E-state index in [1.54, 1.807) is 0 Å². The normalized spacial score (nSPS) is 13.5. The fraction of sp³-hybridized carbons (Fsp3) is 0.539. The van der Waals surface area contributed by atoms with Crippen LogP contribution in [0.2, 0.25) is 0 Å². The standard InChI is InChI=1S/C76H116O6/c1-4-7-10-13-16-19-22-24-26-28-30-31-32-33-34-35-36-37-38-39-40-41-42-43-44-45-47-48-50-52-54-57-60-63-66-69-75(78)81-72-73(71-80-74(77)68-65-62-59-56-21-18-15-12-9-6-3)82-76(79)70-67-64-61-58-55-53-51-49-46-29-27-25-23-20-17-14-11-8-5-2/h7-8,10-12,15-17,19-20,24-27,30-31,33-34,36-37,39-40,42-43,45-47,49-50,52-53,55,73H,4-6,9,13-14,18,21-23,28-29,32,35,38,41,44,48,51,54,56-72H2,1-3H3/b10-7-,11-8-,15-12-,19-16-,20-17-,26-24-,27-25-,31-30-,34-33-,37-36-,40-39-,43-42-,47-45-,49-46-,52-50-,55-53-. The Hall–Kier alpha value is -5.75. The lowest BCUT2D eigenvalue weighted by molar-refractivity contribution is -0.167. The second-order valence-corrected chi connectivity index (χ2v) is 20.5. The van der Waals surface area contributed by atoms with Gasteiger partial charge in [-0.2, -0.15) is 0 Å². The van der Waals surface area contributed by atoms with E-state index in [0.29, 0.717) is 19.3 Å². The van der Waals surface area contributed by atoms with E-state index >= 15 is 0 Å². The predicted molar refractivity (Wildman–Crippen MR) is 357 cm³/mol. The molecule has 0 aromatic rings. The van der Waals surface area contributed by atoms with Crippen molar-refractivity contribution in [3.8, 4) is 0 Å². The van der Waals surface area contributed by atoms with Crippen LogP contribution in [0.3, 0.4) is 0 Å². The molecule has 0 heterocycles. The number of carbonyl (C=O) groups is 3. The molecular weight excluding hydrogens is 1010 g/mol. The first kappa shape index (κ1) is 76.2. The molecule has 0 spiro atoms. The Morgan fingerprint density at radius 1 is 0.256 bits per heavy atom. The smallest absolute Gasteiger partial charge is 0.306 e. The fourth-order valence-electron chi connectivity index (χ4n) is 8.03. The van der Waals surface area contributed by atoms with Gasteiger partial charge in [-0.3, -0.25) is 14.4 Å². The van der Waals surface area contributed by atoms with Crippen LogP contribution in [-0.2, 0) is 28.6 Å². The number of hydrogen-bond acceptors (Lipinski definition) is 6. The topological polar surface area (TPSA) is 78.9 Å². The van der Waals surface area contributed by atoms with Gasteiger partial charge in [0, 0.05) is 19.3 Å². The Kier molecular flexibility index (Phi) is 63.0. The molecule has 0 aliphatic heterocycles. The number of unbranched alkanes of at least 4 members (excludes halogenated alkanes) is 13. The summed E-state index contributed by atoms with van der Waals surface area (Å²) in [5.41, 5.74) is 0. The molecule has 0 saturated carbocycles. The van der Waals surface area contributed by atoms with E-state index in [1.807, 2.05) is 0 Å². The Morgan fingerprint density at radius 3 is 0.768 bits per heavy atom. The molecular formula is C76H116O6. The van der Waals surface area contributed by atoms with Crippen molar-refractivity contribution in [1.82, 2.24) is 0 Å². The Bertz CT molecular complexity index is 1970. The summed E-state index contributed by atoms with van der Waals surface area (Å²) in [4.78, 5) is 38.2. The summed E-state index contributed by atoms with van der Waals surface area (Å²) in [5, 5.41) is 0. The quantitative estimate of drug-likeness (QED) is 0.0261. The number of esters is 3. The summed E-state index contributed by atoms with van der Waals surface area (Å²) in [6.45, 7) is 6.27. The molecule has 456 valence electrons. The van der Waals surface area contributed by atoms with Crippen LogP contribution in [0.25, 0.3) is 0 Å². The molecule has 0 aliphatic rings. The van der Waals surface area contributed by atoms with Crippen molar-refractivity contribution < 1.29 is 28.6 Å². The lowest BCUT2D eigenvalue weighted by Crippen LogP contribution is -2.30. The zero-order valence-corrected chi connectivity index (χ0v) is 52.2. The largest absolute Gasteiger partial charge is 0.462 e. The molecule has 0 radical (unpaired) electrons. The summed E-state index contributed by atoms with van der Waals surface area (Å²) >= 11 is 0. The Labute approximate surface area is 503 Å². The summed E-state index contributed by atoms with van der Waals surface area (Å²) in [5.74, 6) is -0.993. The minimum atomic E-state index is -0.821. The van der Waals surface area contributed by atoms with Gasteiger partial charge in [-0.15, -0.1) is 0 Å². The van der Waals surface area contributed by atoms with E-state index in [9.17, 15) is 14.4 Å². The van der Waals surface area contributed by atoms with Crippen molar-refractivity contribution in [3.63, 3.8) is 0 Å². The van der Waals surface area contributed by atoms with E-state index in [1.165, 1.54) is 12.8 Å². The first-order valence-corrected chi connectivity index (χ1v) is 32.4. The average Bonchev–Trinajstić information content (AvgIpc) is 3.48. The molecule has 0 amide bonds. The van der Waals surface area contributed by atoms with Crippen molar-refractivity contribution in [2.45, 2.75) is 252 Å². The minimum absolute atomic E-state index is 0.114. The highest BCUT2D eigenvalue weighted by atomic mass is 16.6. The van der Waals surface area contributed by atoms with E-state index in [2.05, 4.69) is 215 Å². The van der Waals surface area contributed by atoms with Gasteiger partial charge in [-0.05, 0) is 161 Å². The van der Waals surface area contributed by atoms with Gasteiger partial charge in [-0.25, -0.2) is 0 Å². The molecule has 82 heavy (non-hydrogen) atoms.